The SMILES string of the molecule is CCCCC(=O)NCCNc1cc(NCC)nc(C)n1. The highest BCUT2D eigenvalue weighted by Gasteiger charge is 2.02. The molecule has 1 rings (SSSR count). The van der Waals surface area contributed by atoms with Gasteiger partial charge in [0, 0.05) is 32.1 Å². The van der Waals surface area contributed by atoms with Gasteiger partial charge in [-0.15, -0.1) is 0 Å². The second kappa shape index (κ2) is 9.12. The average Bonchev–Trinajstić information content (AvgIpc) is 2.41. The van der Waals surface area contributed by atoms with Crippen molar-refractivity contribution in [2.75, 3.05) is 30.3 Å². The molecule has 0 aliphatic carbocycles. The molecule has 1 aromatic rings. The van der Waals surface area contributed by atoms with Crippen molar-refractivity contribution in [3.05, 3.63) is 11.9 Å². The molecule has 6 nitrogen and oxygen atoms in total. The molecule has 0 aliphatic heterocycles. The summed E-state index contributed by atoms with van der Waals surface area (Å²) in [5, 5.41) is 9.23. The van der Waals surface area contributed by atoms with Gasteiger partial charge in [0.2, 0.25) is 5.91 Å². The normalized spacial score (nSPS) is 10.2. The van der Waals surface area contributed by atoms with Crippen molar-refractivity contribution in [1.82, 2.24) is 15.3 Å². The molecular formula is C14H25N5O. The first-order valence-corrected chi connectivity index (χ1v) is 7.25. The van der Waals surface area contributed by atoms with E-state index in [0.29, 0.717) is 19.5 Å². The van der Waals surface area contributed by atoms with Gasteiger partial charge < -0.3 is 16.0 Å². The number of aromatic nitrogens is 2. The van der Waals surface area contributed by atoms with E-state index in [0.717, 1.165) is 36.8 Å². The monoisotopic (exact) mass is 279 g/mol. The minimum atomic E-state index is 0.112. The first kappa shape index (κ1) is 16.2. The Kier molecular flexibility index (Phi) is 7.39. The maximum absolute atomic E-state index is 11.4. The van der Waals surface area contributed by atoms with Gasteiger partial charge in [0.05, 0.1) is 0 Å². The van der Waals surface area contributed by atoms with Crippen LogP contribution in [0.5, 0.6) is 0 Å². The van der Waals surface area contributed by atoms with Crippen LogP contribution >= 0.6 is 0 Å². The molecule has 0 radical (unpaired) electrons. The molecule has 0 unspecified atom stereocenters. The third-order valence-corrected chi connectivity index (χ3v) is 2.71. The van der Waals surface area contributed by atoms with E-state index in [-0.39, 0.29) is 5.91 Å². The number of hydrogen-bond donors (Lipinski definition) is 3. The van der Waals surface area contributed by atoms with Crippen LogP contribution in [0.25, 0.3) is 0 Å². The number of hydrogen-bond acceptors (Lipinski definition) is 5. The Morgan fingerprint density at radius 2 is 1.85 bits per heavy atom. The van der Waals surface area contributed by atoms with Crippen molar-refractivity contribution < 1.29 is 4.79 Å². The Labute approximate surface area is 120 Å². The highest BCUT2D eigenvalue weighted by molar-refractivity contribution is 5.75. The summed E-state index contributed by atoms with van der Waals surface area (Å²) in [6.07, 6.45) is 2.59. The van der Waals surface area contributed by atoms with Crippen molar-refractivity contribution in [1.29, 1.82) is 0 Å². The number of aryl methyl sites for hydroxylation is 1. The fourth-order valence-corrected chi connectivity index (χ4v) is 1.75. The lowest BCUT2D eigenvalue weighted by atomic mass is 10.2. The van der Waals surface area contributed by atoms with Crippen LogP contribution in [0.1, 0.15) is 38.9 Å². The van der Waals surface area contributed by atoms with E-state index in [9.17, 15) is 4.79 Å². The zero-order chi connectivity index (χ0) is 14.8. The van der Waals surface area contributed by atoms with Gasteiger partial charge in [-0.05, 0) is 20.3 Å². The van der Waals surface area contributed by atoms with Gasteiger partial charge in [0.25, 0.3) is 0 Å². The minimum Gasteiger partial charge on any atom is -0.370 e. The zero-order valence-electron chi connectivity index (χ0n) is 12.6. The Hall–Kier alpha value is -1.85. The number of anilines is 2. The van der Waals surface area contributed by atoms with Crippen LogP contribution in [0.15, 0.2) is 6.07 Å². The Bertz CT molecular complexity index is 422. The summed E-state index contributed by atoms with van der Waals surface area (Å²) < 4.78 is 0. The van der Waals surface area contributed by atoms with Crippen LogP contribution in [0.3, 0.4) is 0 Å². The van der Waals surface area contributed by atoms with Crippen molar-refractivity contribution in [2.45, 2.75) is 40.0 Å². The van der Waals surface area contributed by atoms with Crippen molar-refractivity contribution in [3.63, 3.8) is 0 Å². The molecule has 0 aliphatic rings. The average molecular weight is 279 g/mol. The highest BCUT2D eigenvalue weighted by atomic mass is 16.1. The lowest BCUT2D eigenvalue weighted by Crippen LogP contribution is -2.28. The second-order valence-electron chi connectivity index (χ2n) is 4.60. The molecule has 3 N–H and O–H groups in total. The maximum atomic E-state index is 11.4. The Balaban J connectivity index is 2.32. The highest BCUT2D eigenvalue weighted by Crippen LogP contribution is 2.10. The van der Waals surface area contributed by atoms with E-state index in [1.165, 1.54) is 0 Å². The number of carbonyl (C=O) groups is 1. The molecular weight excluding hydrogens is 254 g/mol. The van der Waals surface area contributed by atoms with E-state index < -0.39 is 0 Å². The summed E-state index contributed by atoms with van der Waals surface area (Å²) in [7, 11) is 0. The first-order chi connectivity index (χ1) is 9.65. The molecule has 0 spiro atoms. The van der Waals surface area contributed by atoms with Gasteiger partial charge in [-0.1, -0.05) is 13.3 Å². The fraction of sp³-hybridized carbons (Fsp3) is 0.643. The Morgan fingerprint density at radius 3 is 2.50 bits per heavy atom. The topological polar surface area (TPSA) is 78.9 Å². The van der Waals surface area contributed by atoms with E-state index in [1.807, 2.05) is 19.9 Å². The predicted octanol–water partition coefficient (Wildman–Crippen LogP) is 1.94. The number of rotatable bonds is 9. The smallest absolute Gasteiger partial charge is 0.220 e. The van der Waals surface area contributed by atoms with Crippen LogP contribution in [0, 0.1) is 6.92 Å². The number of nitrogens with one attached hydrogen (secondary N) is 3. The summed E-state index contributed by atoms with van der Waals surface area (Å²) >= 11 is 0. The number of nitrogens with zero attached hydrogens (tertiary/aromatic N) is 2. The van der Waals surface area contributed by atoms with Crippen molar-refractivity contribution in [2.24, 2.45) is 0 Å². The van der Waals surface area contributed by atoms with Gasteiger partial charge in [-0.25, -0.2) is 9.97 Å². The van der Waals surface area contributed by atoms with Gasteiger partial charge >= 0.3 is 0 Å². The number of amides is 1. The minimum absolute atomic E-state index is 0.112. The largest absolute Gasteiger partial charge is 0.370 e. The van der Waals surface area contributed by atoms with Gasteiger partial charge in [0.15, 0.2) is 0 Å². The molecule has 6 heteroatoms. The predicted molar refractivity (Wildman–Crippen MR) is 82.0 cm³/mol. The van der Waals surface area contributed by atoms with Gasteiger partial charge in [-0.3, -0.25) is 4.79 Å². The molecule has 1 heterocycles. The fourth-order valence-electron chi connectivity index (χ4n) is 1.75. The standard InChI is InChI=1S/C14H25N5O/c1-4-6-7-14(20)17-9-8-16-13-10-12(15-5-2)18-11(3)19-13/h10H,4-9H2,1-3H3,(H,17,20)(H2,15,16,18,19). The molecule has 1 amide bonds. The van der Waals surface area contributed by atoms with Gasteiger partial charge in [-0.2, -0.15) is 0 Å². The zero-order valence-corrected chi connectivity index (χ0v) is 12.6. The molecule has 112 valence electrons. The molecule has 0 atom stereocenters. The number of unbranched alkanes of at least 4 members (excludes halogenated alkanes) is 1. The molecule has 0 saturated heterocycles. The van der Waals surface area contributed by atoms with E-state index >= 15 is 0 Å². The molecule has 0 bridgehead atoms. The summed E-state index contributed by atoms with van der Waals surface area (Å²) in [4.78, 5) is 20.0. The lowest BCUT2D eigenvalue weighted by Gasteiger charge is -2.10. The van der Waals surface area contributed by atoms with E-state index in [2.05, 4.69) is 32.8 Å². The van der Waals surface area contributed by atoms with Crippen molar-refractivity contribution >= 4 is 17.5 Å². The third kappa shape index (κ3) is 6.36. The lowest BCUT2D eigenvalue weighted by molar-refractivity contribution is -0.121. The van der Waals surface area contributed by atoms with Crippen LogP contribution in [-0.2, 0) is 4.79 Å². The molecule has 0 aromatic carbocycles. The quantitative estimate of drug-likeness (QED) is 0.602. The van der Waals surface area contributed by atoms with Crippen LogP contribution in [0.4, 0.5) is 11.6 Å². The first-order valence-electron chi connectivity index (χ1n) is 7.25. The molecule has 0 saturated carbocycles. The summed E-state index contributed by atoms with van der Waals surface area (Å²) in [6.45, 7) is 8.04. The van der Waals surface area contributed by atoms with E-state index in [1.54, 1.807) is 0 Å². The van der Waals surface area contributed by atoms with Gasteiger partial charge in [0.1, 0.15) is 17.5 Å². The molecule has 0 fully saturated rings. The molecule has 1 aromatic heterocycles. The van der Waals surface area contributed by atoms with E-state index in [4.69, 9.17) is 0 Å². The van der Waals surface area contributed by atoms with Crippen LogP contribution in [0.2, 0.25) is 0 Å². The third-order valence-electron chi connectivity index (χ3n) is 2.71. The summed E-state index contributed by atoms with van der Waals surface area (Å²) in [5.41, 5.74) is 0. The summed E-state index contributed by atoms with van der Waals surface area (Å²) in [5.74, 6) is 2.42. The Morgan fingerprint density at radius 1 is 1.15 bits per heavy atom. The molecule has 20 heavy (non-hydrogen) atoms. The maximum Gasteiger partial charge on any atom is 0.220 e. The second-order valence-corrected chi connectivity index (χ2v) is 4.60. The summed E-state index contributed by atoms with van der Waals surface area (Å²) in [6, 6.07) is 1.87. The number of carbonyl (C=O) groups excluding carboxylic acids is 1. The van der Waals surface area contributed by atoms with Crippen LogP contribution in [-0.4, -0.2) is 35.5 Å². The van der Waals surface area contributed by atoms with Crippen LogP contribution < -0.4 is 16.0 Å². The van der Waals surface area contributed by atoms with Crippen molar-refractivity contribution in [3.8, 4) is 0 Å².